The molecule has 0 aliphatic carbocycles. The number of ether oxygens (including phenoxy) is 1. The summed E-state index contributed by atoms with van der Waals surface area (Å²) in [7, 11) is 2.20. The predicted molar refractivity (Wildman–Crippen MR) is 65.3 cm³/mol. The van der Waals surface area contributed by atoms with Gasteiger partial charge in [0.2, 0.25) is 0 Å². The fourth-order valence-corrected chi connectivity index (χ4v) is 2.56. The molecule has 0 aromatic carbocycles. The Kier molecular flexibility index (Phi) is 5.81. The molecule has 0 saturated carbocycles. The van der Waals surface area contributed by atoms with Gasteiger partial charge in [-0.1, -0.05) is 13.3 Å². The predicted octanol–water partition coefficient (Wildman–Crippen LogP) is 2.45. The molecule has 1 saturated heterocycles. The zero-order chi connectivity index (χ0) is 12.0. The van der Waals surface area contributed by atoms with Crippen molar-refractivity contribution in [2.75, 3.05) is 20.2 Å². The van der Waals surface area contributed by atoms with Crippen LogP contribution >= 0.6 is 0 Å². The van der Waals surface area contributed by atoms with Crippen molar-refractivity contribution in [3.05, 3.63) is 0 Å². The molecule has 3 heteroatoms. The third-order valence-corrected chi connectivity index (χ3v) is 3.50. The minimum atomic E-state index is -0.0210. The highest BCUT2D eigenvalue weighted by molar-refractivity contribution is 5.69. The fraction of sp³-hybridized carbons (Fsp3) is 0.923. The Labute approximate surface area is 99.1 Å². The van der Waals surface area contributed by atoms with Crippen LogP contribution in [0.15, 0.2) is 0 Å². The van der Waals surface area contributed by atoms with Crippen LogP contribution in [0.4, 0.5) is 0 Å². The molecule has 1 fully saturated rings. The lowest BCUT2D eigenvalue weighted by atomic mass is 9.87. The third-order valence-electron chi connectivity index (χ3n) is 3.50. The van der Waals surface area contributed by atoms with Crippen LogP contribution in [-0.4, -0.2) is 37.1 Å². The van der Waals surface area contributed by atoms with Gasteiger partial charge >= 0.3 is 5.97 Å². The molecule has 2 atom stereocenters. The van der Waals surface area contributed by atoms with Crippen LogP contribution in [0, 0.1) is 5.92 Å². The SMILES string of the molecule is CCC[C@@H]1CC(CC(=O)OCC)CCN1C. The number of piperidine rings is 1. The van der Waals surface area contributed by atoms with Crippen molar-refractivity contribution in [2.24, 2.45) is 5.92 Å². The van der Waals surface area contributed by atoms with Crippen molar-refractivity contribution in [1.82, 2.24) is 4.90 Å². The van der Waals surface area contributed by atoms with Crippen molar-refractivity contribution in [3.63, 3.8) is 0 Å². The minimum absolute atomic E-state index is 0.0210. The van der Waals surface area contributed by atoms with Crippen LogP contribution in [0.2, 0.25) is 0 Å². The number of hydrogen-bond donors (Lipinski definition) is 0. The summed E-state index contributed by atoms with van der Waals surface area (Å²) in [5, 5.41) is 0. The van der Waals surface area contributed by atoms with Crippen molar-refractivity contribution in [2.45, 2.75) is 52.0 Å². The molecule has 0 bridgehead atoms. The second-order valence-corrected chi connectivity index (χ2v) is 4.82. The maximum atomic E-state index is 11.4. The van der Waals surface area contributed by atoms with E-state index in [0.29, 0.717) is 25.0 Å². The molecule has 0 spiro atoms. The summed E-state index contributed by atoms with van der Waals surface area (Å²) in [4.78, 5) is 13.9. The summed E-state index contributed by atoms with van der Waals surface area (Å²) < 4.78 is 5.01. The molecule has 0 N–H and O–H groups in total. The maximum absolute atomic E-state index is 11.4. The Hall–Kier alpha value is -0.570. The molecule has 1 rings (SSSR count). The van der Waals surface area contributed by atoms with Crippen LogP contribution in [0.3, 0.4) is 0 Å². The number of hydrogen-bond acceptors (Lipinski definition) is 3. The molecular weight excluding hydrogens is 202 g/mol. The van der Waals surface area contributed by atoms with Crippen LogP contribution < -0.4 is 0 Å². The highest BCUT2D eigenvalue weighted by Crippen LogP contribution is 2.27. The van der Waals surface area contributed by atoms with Crippen molar-refractivity contribution in [3.8, 4) is 0 Å². The highest BCUT2D eigenvalue weighted by atomic mass is 16.5. The Morgan fingerprint density at radius 2 is 2.19 bits per heavy atom. The summed E-state index contributed by atoms with van der Waals surface area (Å²) in [5.41, 5.74) is 0. The molecule has 1 aliphatic rings. The summed E-state index contributed by atoms with van der Waals surface area (Å²) in [6.07, 6.45) is 5.37. The monoisotopic (exact) mass is 227 g/mol. The number of likely N-dealkylation sites (tertiary alicyclic amines) is 1. The summed E-state index contributed by atoms with van der Waals surface area (Å²) >= 11 is 0. The van der Waals surface area contributed by atoms with Gasteiger partial charge in [0, 0.05) is 12.5 Å². The first-order chi connectivity index (χ1) is 7.67. The van der Waals surface area contributed by atoms with Gasteiger partial charge in [0.1, 0.15) is 0 Å². The van der Waals surface area contributed by atoms with E-state index in [1.165, 1.54) is 12.8 Å². The number of carbonyl (C=O) groups excluding carboxylic acids is 1. The quantitative estimate of drug-likeness (QED) is 0.676. The van der Waals surface area contributed by atoms with Gasteiger partial charge in [0.25, 0.3) is 0 Å². The summed E-state index contributed by atoms with van der Waals surface area (Å²) in [6, 6.07) is 0.665. The van der Waals surface area contributed by atoms with Gasteiger partial charge in [-0.3, -0.25) is 4.79 Å². The van der Waals surface area contributed by atoms with Gasteiger partial charge < -0.3 is 9.64 Å². The summed E-state index contributed by atoms with van der Waals surface area (Å²) in [6.45, 7) is 5.72. The topological polar surface area (TPSA) is 29.5 Å². The first kappa shape index (κ1) is 13.5. The van der Waals surface area contributed by atoms with Gasteiger partial charge in [-0.25, -0.2) is 0 Å². The molecule has 1 aliphatic heterocycles. The molecule has 1 unspecified atom stereocenters. The first-order valence-corrected chi connectivity index (χ1v) is 6.53. The van der Waals surface area contributed by atoms with Crippen LogP contribution in [-0.2, 0) is 9.53 Å². The Bertz CT molecular complexity index is 218. The normalized spacial score (nSPS) is 26.7. The van der Waals surface area contributed by atoms with E-state index in [-0.39, 0.29) is 5.97 Å². The van der Waals surface area contributed by atoms with Gasteiger partial charge in [0.15, 0.2) is 0 Å². The molecule has 1 heterocycles. The van der Waals surface area contributed by atoms with Gasteiger partial charge in [0.05, 0.1) is 6.61 Å². The second kappa shape index (κ2) is 6.89. The molecule has 0 aromatic heterocycles. The van der Waals surface area contributed by atoms with Crippen molar-refractivity contribution >= 4 is 5.97 Å². The molecule has 3 nitrogen and oxygen atoms in total. The molecule has 16 heavy (non-hydrogen) atoms. The first-order valence-electron chi connectivity index (χ1n) is 6.53. The van der Waals surface area contributed by atoms with E-state index < -0.39 is 0 Å². The van der Waals surface area contributed by atoms with E-state index in [2.05, 4.69) is 18.9 Å². The Morgan fingerprint density at radius 3 is 2.81 bits per heavy atom. The Morgan fingerprint density at radius 1 is 1.44 bits per heavy atom. The zero-order valence-corrected chi connectivity index (χ0v) is 10.9. The number of nitrogens with zero attached hydrogens (tertiary/aromatic N) is 1. The maximum Gasteiger partial charge on any atom is 0.306 e. The molecule has 0 radical (unpaired) electrons. The lowest BCUT2D eigenvalue weighted by Crippen LogP contribution is -2.40. The smallest absolute Gasteiger partial charge is 0.306 e. The number of carbonyl (C=O) groups is 1. The number of esters is 1. The van der Waals surface area contributed by atoms with Crippen LogP contribution in [0.25, 0.3) is 0 Å². The van der Waals surface area contributed by atoms with Crippen LogP contribution in [0.5, 0.6) is 0 Å². The van der Waals surface area contributed by atoms with E-state index in [1.807, 2.05) is 6.92 Å². The average molecular weight is 227 g/mol. The molecule has 94 valence electrons. The Balaban J connectivity index is 2.36. The van der Waals surface area contributed by atoms with E-state index in [1.54, 1.807) is 0 Å². The van der Waals surface area contributed by atoms with E-state index in [0.717, 1.165) is 19.4 Å². The zero-order valence-electron chi connectivity index (χ0n) is 10.9. The molecule has 0 aromatic rings. The van der Waals surface area contributed by atoms with Gasteiger partial charge in [-0.2, -0.15) is 0 Å². The standard InChI is InChI=1S/C13H25NO2/c1-4-6-12-9-11(7-8-14(12)3)10-13(15)16-5-2/h11-12H,4-10H2,1-3H3/t11?,12-/m1/s1. The van der Waals surface area contributed by atoms with E-state index in [4.69, 9.17) is 4.74 Å². The van der Waals surface area contributed by atoms with E-state index >= 15 is 0 Å². The summed E-state index contributed by atoms with van der Waals surface area (Å²) in [5.74, 6) is 0.513. The lowest BCUT2D eigenvalue weighted by molar-refractivity contribution is -0.144. The van der Waals surface area contributed by atoms with Crippen molar-refractivity contribution in [1.29, 1.82) is 0 Å². The van der Waals surface area contributed by atoms with Crippen molar-refractivity contribution < 1.29 is 9.53 Å². The van der Waals surface area contributed by atoms with Gasteiger partial charge in [-0.05, 0) is 45.7 Å². The largest absolute Gasteiger partial charge is 0.466 e. The van der Waals surface area contributed by atoms with Crippen LogP contribution in [0.1, 0.15) is 46.0 Å². The van der Waals surface area contributed by atoms with Gasteiger partial charge in [-0.15, -0.1) is 0 Å². The highest BCUT2D eigenvalue weighted by Gasteiger charge is 2.27. The molecular formula is C13H25NO2. The third kappa shape index (κ3) is 4.12. The minimum Gasteiger partial charge on any atom is -0.466 e. The van der Waals surface area contributed by atoms with E-state index in [9.17, 15) is 4.79 Å². The molecule has 0 amide bonds. The lowest BCUT2D eigenvalue weighted by Gasteiger charge is -2.36. The fourth-order valence-electron chi connectivity index (χ4n) is 2.56. The second-order valence-electron chi connectivity index (χ2n) is 4.82. The average Bonchev–Trinajstić information content (AvgIpc) is 2.24. The number of rotatable bonds is 5.